The number of benzene rings is 2. The van der Waals surface area contributed by atoms with Crippen molar-refractivity contribution in [2.24, 2.45) is 5.92 Å². The van der Waals surface area contributed by atoms with Crippen molar-refractivity contribution in [2.45, 2.75) is 78.8 Å². The lowest BCUT2D eigenvalue weighted by Gasteiger charge is -2.59. The van der Waals surface area contributed by atoms with Crippen molar-refractivity contribution in [1.82, 2.24) is 0 Å². The molecule has 7 rings (SSSR count). The number of aliphatic hydroxyl groups excluding tert-OH is 8. The Labute approximate surface area is 330 Å². The van der Waals surface area contributed by atoms with Gasteiger partial charge in [0.05, 0.1) is 51.4 Å². The van der Waals surface area contributed by atoms with E-state index in [9.17, 15) is 50.4 Å². The number of rotatable bonds is 12. The summed E-state index contributed by atoms with van der Waals surface area (Å²) in [4.78, 5) is 26.0. The molecule has 2 saturated heterocycles. The number of carbonyl (C=O) groups excluding carboxylic acids is 1. The normalized spacial score (nSPS) is 35.9. The van der Waals surface area contributed by atoms with Crippen molar-refractivity contribution in [2.75, 3.05) is 27.4 Å². The van der Waals surface area contributed by atoms with Gasteiger partial charge in [-0.15, -0.1) is 0 Å². The lowest BCUT2D eigenvalue weighted by molar-refractivity contribution is -0.277. The van der Waals surface area contributed by atoms with Crippen LogP contribution in [0.15, 0.2) is 87.8 Å². The number of ether oxygens (including phenoxy) is 7. The van der Waals surface area contributed by atoms with Crippen LogP contribution >= 0.6 is 0 Å². The summed E-state index contributed by atoms with van der Waals surface area (Å²) in [5.41, 5.74) is -0.927. The van der Waals surface area contributed by atoms with E-state index in [1.807, 2.05) is 0 Å². The smallest absolute Gasteiger partial charge is 0.339 e. The molecule has 1 saturated carbocycles. The molecule has 0 amide bonds. The Kier molecular flexibility index (Phi) is 12.0. The van der Waals surface area contributed by atoms with Crippen LogP contribution in [0, 0.1) is 5.92 Å². The third-order valence-electron chi connectivity index (χ3n) is 11.0. The molecular formula is C40H44O18. The largest absolute Gasteiger partial charge is 0.500 e. The number of hydrogen-bond donors (Lipinski definition) is 8. The van der Waals surface area contributed by atoms with Crippen molar-refractivity contribution < 1.29 is 83.2 Å². The average Bonchev–Trinajstić information content (AvgIpc) is 3.22. The summed E-state index contributed by atoms with van der Waals surface area (Å²) in [5.74, 6) is -1.71. The highest BCUT2D eigenvalue weighted by Gasteiger charge is 2.69. The van der Waals surface area contributed by atoms with Crippen molar-refractivity contribution >= 4 is 12.0 Å². The number of fused-ring (bicyclic) bond motifs is 1. The van der Waals surface area contributed by atoms with Crippen LogP contribution in [0.2, 0.25) is 0 Å². The highest BCUT2D eigenvalue weighted by atomic mass is 16.7. The first-order valence-corrected chi connectivity index (χ1v) is 18.3. The molecule has 8 N–H and O–H groups in total. The SMILES string of the molecule is COC1=CC(=O)O[C@]2(/C=C/c3ccc(O[C@@H]4O[C@H](CO)[C@@H](O)[C@H](O)[C@H]4O)cc3)[C@H]1[C@H](c1ccc(O[C@@H]3O[C@H](CO)[C@@H](O)[C@H](O)[C@H]3O)cc1)[C@H]2c1cc(OC)cc(=O)o1. The summed E-state index contributed by atoms with van der Waals surface area (Å²) >= 11 is 0. The van der Waals surface area contributed by atoms with E-state index < -0.39 is 110 Å². The van der Waals surface area contributed by atoms with E-state index in [1.54, 1.807) is 60.7 Å². The van der Waals surface area contributed by atoms with E-state index in [2.05, 4.69) is 0 Å². The van der Waals surface area contributed by atoms with Crippen molar-refractivity contribution in [3.05, 3.63) is 106 Å². The predicted octanol–water partition coefficient (Wildman–Crippen LogP) is -0.958. The fourth-order valence-corrected chi connectivity index (χ4v) is 7.97. The molecule has 18 heteroatoms. The summed E-state index contributed by atoms with van der Waals surface area (Å²) in [5, 5.41) is 80.6. The molecule has 18 nitrogen and oxygen atoms in total. The van der Waals surface area contributed by atoms with Gasteiger partial charge >= 0.3 is 11.6 Å². The number of aliphatic hydroxyl groups is 8. The minimum absolute atomic E-state index is 0.144. The Morgan fingerprint density at radius 2 is 1.22 bits per heavy atom. The van der Waals surface area contributed by atoms with E-state index in [0.717, 1.165) is 0 Å². The maximum Gasteiger partial charge on any atom is 0.339 e. The summed E-state index contributed by atoms with van der Waals surface area (Å²) in [7, 11) is 2.81. The van der Waals surface area contributed by atoms with Crippen LogP contribution in [0.3, 0.4) is 0 Å². The fourth-order valence-electron chi connectivity index (χ4n) is 7.97. The highest BCUT2D eigenvalue weighted by molar-refractivity contribution is 5.85. The molecule has 2 aromatic carbocycles. The quantitative estimate of drug-likeness (QED) is 0.102. The van der Waals surface area contributed by atoms with Gasteiger partial charge in [-0.1, -0.05) is 30.3 Å². The maximum absolute atomic E-state index is 13.2. The summed E-state index contributed by atoms with van der Waals surface area (Å²) in [6.45, 7) is -1.25. The van der Waals surface area contributed by atoms with Gasteiger partial charge in [-0.05, 0) is 41.5 Å². The van der Waals surface area contributed by atoms with E-state index >= 15 is 0 Å². The van der Waals surface area contributed by atoms with Gasteiger partial charge in [0, 0.05) is 12.0 Å². The summed E-state index contributed by atoms with van der Waals surface area (Å²) in [6.07, 6.45) is -10.1. The van der Waals surface area contributed by atoms with Crippen LogP contribution in [0.25, 0.3) is 6.08 Å². The standard InChI is InChI=1S/C40H44O18/c1-51-22-13-24(55-27(43)14-22)31-29(19-5-9-21(10-6-19)54-39-37(50)35(48)33(46)26(17-42)57-39)30-23(52-2)15-28(44)58-40(30,31)12-11-18-3-7-20(8-4-18)53-38-36(49)34(47)32(45)25(16-41)56-38/h3-15,25-26,29-39,41-42,45-50H,16-17H2,1-2H3/b12-11+/t25-,26-,29+,30-,31-,32-,33-,34+,35+,36-,37-,38-,39-,40-/m1/s1. The minimum atomic E-state index is -1.64. The molecule has 1 aromatic heterocycles. The molecule has 4 heterocycles. The van der Waals surface area contributed by atoms with Gasteiger partial charge in [-0.3, -0.25) is 0 Å². The minimum Gasteiger partial charge on any atom is -0.500 e. The van der Waals surface area contributed by atoms with Crippen LogP contribution in [-0.2, 0) is 23.7 Å². The molecule has 4 aliphatic rings. The van der Waals surface area contributed by atoms with Gasteiger partial charge in [-0.2, -0.15) is 0 Å². The first-order valence-electron chi connectivity index (χ1n) is 18.3. The van der Waals surface area contributed by atoms with Gasteiger partial charge in [0.2, 0.25) is 12.6 Å². The van der Waals surface area contributed by atoms with Crippen LogP contribution < -0.4 is 19.8 Å². The molecule has 0 bridgehead atoms. The molecule has 3 aliphatic heterocycles. The summed E-state index contributed by atoms with van der Waals surface area (Å²) < 4.78 is 45.5. The second-order valence-electron chi connectivity index (χ2n) is 14.3. The van der Waals surface area contributed by atoms with E-state index in [1.165, 1.54) is 32.4 Å². The molecule has 3 aromatic rings. The number of carbonyl (C=O) groups is 1. The Balaban J connectivity index is 1.20. The molecule has 0 radical (unpaired) electrons. The molecule has 3 fully saturated rings. The molecule has 58 heavy (non-hydrogen) atoms. The third kappa shape index (κ3) is 7.59. The Morgan fingerprint density at radius 1 is 0.672 bits per heavy atom. The zero-order valence-electron chi connectivity index (χ0n) is 31.1. The Bertz CT molecular complexity index is 2030. The van der Waals surface area contributed by atoms with E-state index in [4.69, 9.17) is 37.6 Å². The zero-order valence-corrected chi connectivity index (χ0v) is 31.1. The Hall–Kier alpha value is -4.86. The molecule has 1 aliphatic carbocycles. The van der Waals surface area contributed by atoms with Crippen LogP contribution in [0.5, 0.6) is 17.2 Å². The second kappa shape index (κ2) is 16.8. The molecule has 14 atom stereocenters. The number of hydrogen-bond acceptors (Lipinski definition) is 18. The first kappa shape index (κ1) is 41.3. The predicted molar refractivity (Wildman–Crippen MR) is 195 cm³/mol. The van der Waals surface area contributed by atoms with Crippen LogP contribution in [-0.4, -0.2) is 141 Å². The molecule has 0 spiro atoms. The lowest BCUT2D eigenvalue weighted by Crippen LogP contribution is -2.63. The highest BCUT2D eigenvalue weighted by Crippen LogP contribution is 2.66. The molecular weight excluding hydrogens is 768 g/mol. The number of esters is 1. The van der Waals surface area contributed by atoms with Gasteiger partial charge in [0.25, 0.3) is 0 Å². The first-order chi connectivity index (χ1) is 27.8. The topological polar surface area (TPSA) is 274 Å². The maximum atomic E-state index is 13.2. The van der Waals surface area contributed by atoms with Gasteiger partial charge in [-0.25, -0.2) is 9.59 Å². The van der Waals surface area contributed by atoms with Crippen LogP contribution in [0.1, 0.15) is 28.7 Å². The van der Waals surface area contributed by atoms with Crippen molar-refractivity contribution in [1.29, 1.82) is 0 Å². The van der Waals surface area contributed by atoms with Gasteiger partial charge < -0.3 is 78.4 Å². The van der Waals surface area contributed by atoms with E-state index in [-0.39, 0.29) is 28.8 Å². The molecule has 0 unspecified atom stereocenters. The third-order valence-corrected chi connectivity index (χ3v) is 11.0. The lowest BCUT2D eigenvalue weighted by atomic mass is 9.49. The molecule has 312 valence electrons. The Morgan fingerprint density at radius 3 is 1.74 bits per heavy atom. The fraction of sp³-hybridized carbons (Fsp3) is 0.450. The average molecular weight is 813 g/mol. The van der Waals surface area contributed by atoms with Gasteiger partial charge in [0.15, 0.2) is 5.60 Å². The van der Waals surface area contributed by atoms with Crippen molar-refractivity contribution in [3.63, 3.8) is 0 Å². The number of methoxy groups -OCH3 is 2. The second-order valence-corrected chi connectivity index (χ2v) is 14.3. The van der Waals surface area contributed by atoms with Gasteiger partial charge in [0.1, 0.15) is 77.6 Å². The summed E-state index contributed by atoms with van der Waals surface area (Å²) in [6, 6.07) is 15.7. The van der Waals surface area contributed by atoms with Crippen LogP contribution in [0.4, 0.5) is 0 Å². The van der Waals surface area contributed by atoms with E-state index in [0.29, 0.717) is 11.1 Å². The monoisotopic (exact) mass is 812 g/mol. The zero-order chi connectivity index (χ0) is 41.5. The van der Waals surface area contributed by atoms with Crippen molar-refractivity contribution in [3.8, 4) is 17.2 Å².